The number of nitrogens with zero attached hydrogens (tertiary/aromatic N) is 3. The monoisotopic (exact) mass is 178 g/mol. The van der Waals surface area contributed by atoms with Crippen molar-refractivity contribution in [2.75, 3.05) is 13.1 Å². The van der Waals surface area contributed by atoms with Crippen molar-refractivity contribution in [2.24, 2.45) is 0 Å². The van der Waals surface area contributed by atoms with Crippen LogP contribution >= 0.6 is 0 Å². The van der Waals surface area contributed by atoms with Crippen LogP contribution in [0.3, 0.4) is 0 Å². The van der Waals surface area contributed by atoms with Gasteiger partial charge in [0.2, 0.25) is 0 Å². The van der Waals surface area contributed by atoms with E-state index in [2.05, 4.69) is 27.7 Å². The van der Waals surface area contributed by atoms with Crippen LogP contribution in [0, 0.1) is 14.0 Å². The average Bonchev–Trinajstić information content (AvgIpc) is 2.53. The molecule has 0 spiro atoms. The zero-order valence-electron chi connectivity index (χ0n) is 8.11. The first-order valence-corrected chi connectivity index (χ1v) is 4.81. The maximum atomic E-state index is 4.24. The summed E-state index contributed by atoms with van der Waals surface area (Å²) in [6.45, 7) is 4.23. The molecule has 2 rings (SSSR count). The van der Waals surface area contributed by atoms with Crippen LogP contribution in [0.1, 0.15) is 24.6 Å². The summed E-state index contributed by atoms with van der Waals surface area (Å²) in [5.74, 6) is 0. The minimum atomic E-state index is 0.638. The fourth-order valence-corrected chi connectivity index (χ4v) is 1.86. The van der Waals surface area contributed by atoms with Crippen LogP contribution in [0.15, 0.2) is 12.5 Å². The topological polar surface area (TPSA) is 21.1 Å². The summed E-state index contributed by atoms with van der Waals surface area (Å²) in [5, 5.41) is 0. The van der Waals surface area contributed by atoms with Gasteiger partial charge in [-0.05, 0) is 32.9 Å². The maximum Gasteiger partial charge on any atom is 0.0951 e. The van der Waals surface area contributed by atoms with E-state index in [1.54, 1.807) is 0 Å². The van der Waals surface area contributed by atoms with Crippen LogP contribution in [0.4, 0.5) is 0 Å². The Labute approximate surface area is 79.4 Å². The van der Waals surface area contributed by atoms with Gasteiger partial charge < -0.3 is 9.47 Å². The summed E-state index contributed by atoms with van der Waals surface area (Å²) < 4.78 is 2.24. The standard InChI is InChI=1S/C10H16N3/c1-9-7-13(8-11-9)10-3-5-12(2)6-4-10/h7-8,10H,2-6H2,1H3/q-1. The highest BCUT2D eigenvalue weighted by atomic mass is 15.1. The van der Waals surface area contributed by atoms with Crippen LogP contribution in [-0.2, 0) is 0 Å². The van der Waals surface area contributed by atoms with Crippen LogP contribution in [0.2, 0.25) is 0 Å². The average molecular weight is 178 g/mol. The van der Waals surface area contributed by atoms with E-state index in [1.807, 2.05) is 13.3 Å². The molecule has 1 aliphatic rings. The second-order valence-corrected chi connectivity index (χ2v) is 3.81. The molecule has 0 radical (unpaired) electrons. The Kier molecular flexibility index (Phi) is 2.36. The van der Waals surface area contributed by atoms with Gasteiger partial charge in [-0.3, -0.25) is 7.05 Å². The predicted molar refractivity (Wildman–Crippen MR) is 52.2 cm³/mol. The highest BCUT2D eigenvalue weighted by Gasteiger charge is 2.15. The van der Waals surface area contributed by atoms with E-state index in [-0.39, 0.29) is 0 Å². The van der Waals surface area contributed by atoms with Gasteiger partial charge in [-0.2, -0.15) is 0 Å². The second kappa shape index (κ2) is 3.50. The van der Waals surface area contributed by atoms with Crippen LogP contribution in [0.25, 0.3) is 0 Å². The van der Waals surface area contributed by atoms with Gasteiger partial charge in [-0.25, -0.2) is 4.98 Å². The molecule has 1 fully saturated rings. The molecule has 0 N–H and O–H groups in total. The molecule has 0 bridgehead atoms. The summed E-state index contributed by atoms with van der Waals surface area (Å²) in [7, 11) is 3.94. The molecule has 2 heterocycles. The van der Waals surface area contributed by atoms with Gasteiger partial charge in [-0.1, -0.05) is 0 Å². The molecule has 1 aliphatic heterocycles. The third kappa shape index (κ3) is 1.91. The van der Waals surface area contributed by atoms with Crippen LogP contribution in [-0.4, -0.2) is 27.5 Å². The van der Waals surface area contributed by atoms with E-state index in [9.17, 15) is 0 Å². The molecule has 0 amide bonds. The summed E-state index contributed by atoms with van der Waals surface area (Å²) in [6, 6.07) is 0.638. The van der Waals surface area contributed by atoms with E-state index >= 15 is 0 Å². The van der Waals surface area contributed by atoms with E-state index < -0.39 is 0 Å². The van der Waals surface area contributed by atoms with Gasteiger partial charge in [0, 0.05) is 12.2 Å². The molecule has 1 aromatic heterocycles. The largest absolute Gasteiger partial charge is 0.459 e. The maximum absolute atomic E-state index is 4.24. The van der Waals surface area contributed by atoms with E-state index in [4.69, 9.17) is 0 Å². The van der Waals surface area contributed by atoms with E-state index in [0.717, 1.165) is 18.8 Å². The number of aromatic nitrogens is 2. The Hall–Kier alpha value is -0.830. The fourth-order valence-electron chi connectivity index (χ4n) is 1.86. The van der Waals surface area contributed by atoms with Crippen molar-refractivity contribution >= 4 is 0 Å². The molecule has 0 aromatic carbocycles. The van der Waals surface area contributed by atoms with Crippen molar-refractivity contribution in [2.45, 2.75) is 25.8 Å². The van der Waals surface area contributed by atoms with Crippen molar-refractivity contribution < 1.29 is 0 Å². The third-order valence-electron chi connectivity index (χ3n) is 2.71. The molecule has 72 valence electrons. The van der Waals surface area contributed by atoms with Crippen LogP contribution in [0.5, 0.6) is 0 Å². The molecule has 3 heteroatoms. The molecule has 1 saturated heterocycles. The zero-order valence-corrected chi connectivity index (χ0v) is 8.11. The minimum Gasteiger partial charge on any atom is -0.459 e. The predicted octanol–water partition coefficient (Wildman–Crippen LogP) is 1.62. The van der Waals surface area contributed by atoms with Gasteiger partial charge in [0.05, 0.1) is 12.0 Å². The Morgan fingerprint density at radius 3 is 2.69 bits per heavy atom. The summed E-state index contributed by atoms with van der Waals surface area (Å²) in [5.41, 5.74) is 1.11. The van der Waals surface area contributed by atoms with Crippen molar-refractivity contribution in [1.29, 1.82) is 0 Å². The number of hydrogen-bond acceptors (Lipinski definition) is 2. The first-order valence-electron chi connectivity index (χ1n) is 4.81. The number of rotatable bonds is 1. The number of hydrogen-bond donors (Lipinski definition) is 0. The highest BCUT2D eigenvalue weighted by molar-refractivity contribution is 4.95. The molecular formula is C10H16N3-. The molecule has 0 atom stereocenters. The molecule has 0 unspecified atom stereocenters. The number of likely N-dealkylation sites (tertiary alicyclic amines) is 1. The molecule has 1 aromatic rings. The molecule has 13 heavy (non-hydrogen) atoms. The van der Waals surface area contributed by atoms with Crippen molar-refractivity contribution in [3.63, 3.8) is 0 Å². The lowest BCUT2D eigenvalue weighted by molar-refractivity contribution is 0.241. The molecular weight excluding hydrogens is 162 g/mol. The van der Waals surface area contributed by atoms with Crippen molar-refractivity contribution in [3.8, 4) is 0 Å². The summed E-state index contributed by atoms with van der Waals surface area (Å²) in [6.07, 6.45) is 6.46. The Morgan fingerprint density at radius 1 is 1.46 bits per heavy atom. The Morgan fingerprint density at radius 2 is 2.15 bits per heavy atom. The lowest BCUT2D eigenvalue weighted by Crippen LogP contribution is -2.29. The lowest BCUT2D eigenvalue weighted by atomic mass is 10.1. The SMILES string of the molecule is [CH2-]N1CCC(n2cnc(C)c2)CC1. The fraction of sp³-hybridized carbons (Fsp3) is 0.600. The number of piperidine rings is 1. The molecule has 0 aliphatic carbocycles. The zero-order chi connectivity index (χ0) is 9.26. The molecule has 3 nitrogen and oxygen atoms in total. The quantitative estimate of drug-likeness (QED) is 0.609. The van der Waals surface area contributed by atoms with Crippen molar-refractivity contribution in [3.05, 3.63) is 25.3 Å². The summed E-state index contributed by atoms with van der Waals surface area (Å²) >= 11 is 0. The summed E-state index contributed by atoms with van der Waals surface area (Å²) in [4.78, 5) is 6.38. The van der Waals surface area contributed by atoms with Gasteiger partial charge in [-0.15, -0.1) is 0 Å². The van der Waals surface area contributed by atoms with Crippen molar-refractivity contribution in [1.82, 2.24) is 14.5 Å². The first-order chi connectivity index (χ1) is 6.25. The minimum absolute atomic E-state index is 0.638. The smallest absolute Gasteiger partial charge is 0.0951 e. The highest BCUT2D eigenvalue weighted by Crippen LogP contribution is 2.21. The second-order valence-electron chi connectivity index (χ2n) is 3.81. The third-order valence-corrected chi connectivity index (χ3v) is 2.71. The normalized spacial score (nSPS) is 20.8. The Bertz CT molecular complexity index is 271. The number of imidazole rings is 1. The Balaban J connectivity index is 2.02. The molecule has 0 saturated carbocycles. The van der Waals surface area contributed by atoms with Gasteiger partial charge in [0.1, 0.15) is 0 Å². The van der Waals surface area contributed by atoms with E-state index in [0.29, 0.717) is 6.04 Å². The van der Waals surface area contributed by atoms with E-state index in [1.165, 1.54) is 12.8 Å². The van der Waals surface area contributed by atoms with Crippen LogP contribution < -0.4 is 0 Å². The number of aryl methyl sites for hydroxylation is 1. The first kappa shape index (κ1) is 8.75. The van der Waals surface area contributed by atoms with Gasteiger partial charge >= 0.3 is 0 Å². The lowest BCUT2D eigenvalue weighted by Gasteiger charge is -2.34. The van der Waals surface area contributed by atoms with Gasteiger partial charge in [0.15, 0.2) is 0 Å². The van der Waals surface area contributed by atoms with Gasteiger partial charge in [0.25, 0.3) is 0 Å².